The molecule has 0 saturated carbocycles. The highest BCUT2D eigenvalue weighted by Crippen LogP contribution is 2.16. The van der Waals surface area contributed by atoms with E-state index in [-0.39, 0.29) is 0 Å². The van der Waals surface area contributed by atoms with Crippen LogP contribution in [0.15, 0.2) is 48.9 Å². The van der Waals surface area contributed by atoms with E-state index >= 15 is 0 Å². The normalized spacial score (nSPS) is 12.0. The van der Waals surface area contributed by atoms with Crippen molar-refractivity contribution >= 4 is 22.9 Å². The van der Waals surface area contributed by atoms with Crippen molar-refractivity contribution in [2.75, 3.05) is 0 Å². The number of rotatable bonds is 7. The largest absolute Gasteiger partial charge is 0.480 e. The predicted octanol–water partition coefficient (Wildman–Crippen LogP) is 2.79. The molecule has 0 aliphatic carbocycles. The lowest BCUT2D eigenvalue weighted by Gasteiger charge is -2.14. The minimum atomic E-state index is -1.03. The Morgan fingerprint density at radius 2 is 2.00 bits per heavy atom. The lowest BCUT2D eigenvalue weighted by atomic mass is 10.1. The Morgan fingerprint density at radius 3 is 2.69 bits per heavy atom. The summed E-state index contributed by atoms with van der Waals surface area (Å²) < 4.78 is 1.83. The van der Waals surface area contributed by atoms with Crippen molar-refractivity contribution in [3.63, 3.8) is 0 Å². The van der Waals surface area contributed by atoms with Crippen LogP contribution in [0.4, 0.5) is 0 Å². The third-order valence-electron chi connectivity index (χ3n) is 4.16. The number of nitrogens with one attached hydrogen (secondary N) is 1. The zero-order valence-corrected chi connectivity index (χ0v) is 14.4. The highest BCUT2D eigenvalue weighted by Gasteiger charge is 2.20. The number of amides is 1. The number of pyridine rings is 1. The van der Waals surface area contributed by atoms with Gasteiger partial charge in [-0.25, -0.2) is 14.8 Å². The fourth-order valence-electron chi connectivity index (χ4n) is 2.71. The van der Waals surface area contributed by atoms with Gasteiger partial charge in [-0.05, 0) is 30.7 Å². The molecule has 0 aliphatic heterocycles. The number of imidazole rings is 1. The quantitative estimate of drug-likeness (QED) is 0.681. The lowest BCUT2D eigenvalue weighted by Crippen LogP contribution is -2.40. The SMILES string of the molecule is CCCCC(NC(=O)c1ccc(-n2cnc3ccccc32)nc1)C(=O)O. The zero-order chi connectivity index (χ0) is 18.5. The fraction of sp³-hybridized carbons (Fsp3) is 0.263. The fourth-order valence-corrected chi connectivity index (χ4v) is 2.71. The molecule has 0 bridgehead atoms. The van der Waals surface area contributed by atoms with Crippen LogP contribution in [0.3, 0.4) is 0 Å². The van der Waals surface area contributed by atoms with Crippen LogP contribution in [0.1, 0.15) is 36.5 Å². The van der Waals surface area contributed by atoms with Crippen LogP contribution in [0.25, 0.3) is 16.9 Å². The van der Waals surface area contributed by atoms with Crippen LogP contribution >= 0.6 is 0 Å². The van der Waals surface area contributed by atoms with Gasteiger partial charge in [0, 0.05) is 6.20 Å². The number of unbranched alkanes of at least 4 members (excludes halogenated alkanes) is 1. The third-order valence-corrected chi connectivity index (χ3v) is 4.16. The summed E-state index contributed by atoms with van der Waals surface area (Å²) in [5.41, 5.74) is 2.10. The number of carbonyl (C=O) groups is 2. The highest BCUT2D eigenvalue weighted by molar-refractivity contribution is 5.96. The number of para-hydroxylation sites is 2. The molecule has 1 aromatic carbocycles. The molecule has 1 amide bonds. The van der Waals surface area contributed by atoms with Crippen LogP contribution in [-0.4, -0.2) is 37.6 Å². The van der Waals surface area contributed by atoms with E-state index < -0.39 is 17.9 Å². The number of carboxylic acids is 1. The first-order valence-electron chi connectivity index (χ1n) is 8.52. The molecular formula is C19H20N4O3. The van der Waals surface area contributed by atoms with E-state index in [9.17, 15) is 14.7 Å². The summed E-state index contributed by atoms with van der Waals surface area (Å²) in [4.78, 5) is 32.2. The molecule has 0 fully saturated rings. The van der Waals surface area contributed by atoms with Gasteiger partial charge in [0.05, 0.1) is 16.6 Å². The molecule has 2 aromatic heterocycles. The van der Waals surface area contributed by atoms with E-state index in [1.54, 1.807) is 18.5 Å². The van der Waals surface area contributed by atoms with Crippen molar-refractivity contribution in [3.8, 4) is 5.82 Å². The van der Waals surface area contributed by atoms with Gasteiger partial charge in [-0.1, -0.05) is 31.9 Å². The Kier molecular flexibility index (Phi) is 5.26. The number of nitrogens with zero attached hydrogens (tertiary/aromatic N) is 3. The van der Waals surface area contributed by atoms with Gasteiger partial charge in [-0.2, -0.15) is 0 Å². The first-order chi connectivity index (χ1) is 12.6. The van der Waals surface area contributed by atoms with Crippen LogP contribution in [-0.2, 0) is 4.79 Å². The number of fused-ring (bicyclic) bond motifs is 1. The van der Waals surface area contributed by atoms with Crippen molar-refractivity contribution in [2.45, 2.75) is 32.2 Å². The molecule has 0 saturated heterocycles. The number of carbonyl (C=O) groups excluding carboxylic acids is 1. The number of aromatic nitrogens is 3. The van der Waals surface area contributed by atoms with Gasteiger partial charge in [-0.15, -0.1) is 0 Å². The molecule has 1 unspecified atom stereocenters. The Morgan fingerprint density at radius 1 is 1.19 bits per heavy atom. The van der Waals surface area contributed by atoms with Crippen LogP contribution in [0.5, 0.6) is 0 Å². The standard InChI is InChI=1S/C19H20N4O3/c1-2-3-6-15(19(25)26)22-18(24)13-9-10-17(20-11-13)23-12-21-14-7-4-5-8-16(14)23/h4-5,7-12,15H,2-3,6H2,1H3,(H,22,24)(H,25,26). The van der Waals surface area contributed by atoms with E-state index in [2.05, 4.69) is 15.3 Å². The summed E-state index contributed by atoms with van der Waals surface area (Å²) >= 11 is 0. The second-order valence-electron chi connectivity index (χ2n) is 6.01. The number of hydrogen-bond acceptors (Lipinski definition) is 4. The molecule has 7 nitrogen and oxygen atoms in total. The molecule has 0 spiro atoms. The molecule has 2 heterocycles. The monoisotopic (exact) mass is 352 g/mol. The summed E-state index contributed by atoms with van der Waals surface area (Å²) in [7, 11) is 0. The van der Waals surface area contributed by atoms with E-state index in [1.807, 2.05) is 35.8 Å². The molecule has 0 aliphatic rings. The topological polar surface area (TPSA) is 97.1 Å². The first kappa shape index (κ1) is 17.6. The van der Waals surface area contributed by atoms with E-state index in [0.29, 0.717) is 17.8 Å². The van der Waals surface area contributed by atoms with Crippen molar-refractivity contribution in [1.82, 2.24) is 19.9 Å². The van der Waals surface area contributed by atoms with E-state index in [4.69, 9.17) is 0 Å². The Balaban J connectivity index is 1.76. The summed E-state index contributed by atoms with van der Waals surface area (Å²) in [6.07, 6.45) is 5.14. The van der Waals surface area contributed by atoms with Crippen molar-refractivity contribution in [2.24, 2.45) is 0 Å². The minimum absolute atomic E-state index is 0.320. The second-order valence-corrected chi connectivity index (χ2v) is 6.01. The molecule has 3 aromatic rings. The zero-order valence-electron chi connectivity index (χ0n) is 14.4. The molecule has 3 rings (SSSR count). The number of hydrogen-bond donors (Lipinski definition) is 2. The van der Waals surface area contributed by atoms with Crippen molar-refractivity contribution in [1.29, 1.82) is 0 Å². The Bertz CT molecular complexity index is 918. The number of aliphatic carboxylic acids is 1. The number of benzene rings is 1. The minimum Gasteiger partial charge on any atom is -0.480 e. The molecule has 1 atom stereocenters. The van der Waals surface area contributed by atoms with Gasteiger partial charge in [-0.3, -0.25) is 9.36 Å². The van der Waals surface area contributed by atoms with Crippen LogP contribution in [0.2, 0.25) is 0 Å². The van der Waals surface area contributed by atoms with Gasteiger partial charge in [0.1, 0.15) is 18.2 Å². The second kappa shape index (κ2) is 7.77. The Hall–Kier alpha value is -3.22. The Labute approximate surface area is 150 Å². The smallest absolute Gasteiger partial charge is 0.326 e. The van der Waals surface area contributed by atoms with Gasteiger partial charge < -0.3 is 10.4 Å². The first-order valence-corrected chi connectivity index (χ1v) is 8.52. The van der Waals surface area contributed by atoms with Gasteiger partial charge in [0.15, 0.2) is 0 Å². The maximum atomic E-state index is 12.3. The summed E-state index contributed by atoms with van der Waals surface area (Å²) in [5.74, 6) is -0.833. The molecule has 26 heavy (non-hydrogen) atoms. The average Bonchev–Trinajstić information content (AvgIpc) is 3.09. The molecule has 134 valence electrons. The maximum Gasteiger partial charge on any atom is 0.326 e. The van der Waals surface area contributed by atoms with Crippen LogP contribution in [0, 0.1) is 0 Å². The van der Waals surface area contributed by atoms with Crippen molar-refractivity contribution < 1.29 is 14.7 Å². The van der Waals surface area contributed by atoms with Crippen molar-refractivity contribution in [3.05, 3.63) is 54.5 Å². The van der Waals surface area contributed by atoms with Gasteiger partial charge in [0.2, 0.25) is 0 Å². The lowest BCUT2D eigenvalue weighted by molar-refractivity contribution is -0.139. The highest BCUT2D eigenvalue weighted by atomic mass is 16.4. The van der Waals surface area contributed by atoms with E-state index in [0.717, 1.165) is 23.9 Å². The summed E-state index contributed by atoms with van der Waals surface area (Å²) in [6, 6.07) is 10.1. The van der Waals surface area contributed by atoms with Crippen LogP contribution < -0.4 is 5.32 Å². The molecular weight excluding hydrogens is 332 g/mol. The predicted molar refractivity (Wildman–Crippen MR) is 97.3 cm³/mol. The third kappa shape index (κ3) is 3.72. The molecule has 2 N–H and O–H groups in total. The molecule has 7 heteroatoms. The summed E-state index contributed by atoms with van der Waals surface area (Å²) in [5, 5.41) is 11.8. The van der Waals surface area contributed by atoms with Gasteiger partial charge in [0.25, 0.3) is 5.91 Å². The van der Waals surface area contributed by atoms with Gasteiger partial charge >= 0.3 is 5.97 Å². The molecule has 0 radical (unpaired) electrons. The maximum absolute atomic E-state index is 12.3. The number of carboxylic acid groups (broad SMARTS) is 1. The summed E-state index contributed by atoms with van der Waals surface area (Å²) in [6.45, 7) is 1.98. The average molecular weight is 352 g/mol. The van der Waals surface area contributed by atoms with E-state index in [1.165, 1.54) is 6.20 Å².